The summed E-state index contributed by atoms with van der Waals surface area (Å²) in [6, 6.07) is 7.27. The van der Waals surface area contributed by atoms with Gasteiger partial charge in [0, 0.05) is 18.1 Å². The van der Waals surface area contributed by atoms with E-state index in [2.05, 4.69) is 5.10 Å². The van der Waals surface area contributed by atoms with Crippen LogP contribution >= 0.6 is 11.6 Å². The lowest BCUT2D eigenvalue weighted by Gasteiger charge is -2.18. The molecule has 138 valence electrons. The van der Waals surface area contributed by atoms with E-state index in [1.54, 1.807) is 27.9 Å². The summed E-state index contributed by atoms with van der Waals surface area (Å²) < 4.78 is 1.75. The van der Waals surface area contributed by atoms with Crippen LogP contribution in [-0.2, 0) is 4.79 Å². The molecule has 1 fully saturated rings. The summed E-state index contributed by atoms with van der Waals surface area (Å²) in [5.74, 6) is -1.53. The third kappa shape index (κ3) is 3.33. The lowest BCUT2D eigenvalue weighted by molar-refractivity contribution is -0.142. The smallest absolute Gasteiger partial charge is 0.308 e. The second-order valence-corrected chi connectivity index (χ2v) is 7.55. The maximum Gasteiger partial charge on any atom is 0.308 e. The van der Waals surface area contributed by atoms with E-state index in [1.165, 1.54) is 0 Å². The van der Waals surface area contributed by atoms with Crippen molar-refractivity contribution in [3.8, 4) is 5.69 Å². The van der Waals surface area contributed by atoms with Gasteiger partial charge < -0.3 is 10.0 Å². The van der Waals surface area contributed by atoms with Crippen molar-refractivity contribution in [1.82, 2.24) is 14.7 Å². The number of amides is 1. The van der Waals surface area contributed by atoms with Crippen molar-refractivity contribution in [3.63, 3.8) is 0 Å². The molecule has 1 aromatic heterocycles. The first-order chi connectivity index (χ1) is 12.3. The number of carbonyl (C=O) groups is 2. The minimum atomic E-state index is -0.853. The SMILES string of the molecule is CC(C)c1c(C(=O)N2C[C@@H](C)[C@H](C(=O)O)C2)cnn1-c1ccc(Cl)cc1. The van der Waals surface area contributed by atoms with E-state index in [-0.39, 0.29) is 24.3 Å². The van der Waals surface area contributed by atoms with Gasteiger partial charge in [-0.05, 0) is 36.1 Å². The first kappa shape index (κ1) is 18.5. The number of benzene rings is 1. The van der Waals surface area contributed by atoms with Gasteiger partial charge in [-0.25, -0.2) is 4.68 Å². The number of rotatable bonds is 4. The minimum absolute atomic E-state index is 0.0646. The third-order valence-electron chi connectivity index (χ3n) is 4.87. The van der Waals surface area contributed by atoms with Gasteiger partial charge in [-0.15, -0.1) is 0 Å². The molecule has 0 saturated carbocycles. The summed E-state index contributed by atoms with van der Waals surface area (Å²) in [5.41, 5.74) is 2.16. The van der Waals surface area contributed by atoms with Gasteiger partial charge in [-0.3, -0.25) is 9.59 Å². The summed E-state index contributed by atoms with van der Waals surface area (Å²) in [6.45, 7) is 6.56. The van der Waals surface area contributed by atoms with Crippen LogP contribution in [0.2, 0.25) is 5.02 Å². The summed E-state index contributed by atoms with van der Waals surface area (Å²) in [5, 5.41) is 14.4. The molecule has 1 aliphatic heterocycles. The monoisotopic (exact) mass is 375 g/mol. The van der Waals surface area contributed by atoms with E-state index in [0.29, 0.717) is 17.1 Å². The van der Waals surface area contributed by atoms with Gasteiger partial charge in [0.1, 0.15) is 0 Å². The van der Waals surface area contributed by atoms with Crippen molar-refractivity contribution in [2.24, 2.45) is 11.8 Å². The number of carbonyl (C=O) groups excluding carboxylic acids is 1. The Kier molecular flexibility index (Phi) is 5.05. The predicted molar refractivity (Wildman–Crippen MR) is 98.9 cm³/mol. The fourth-order valence-corrected chi connectivity index (χ4v) is 3.62. The molecule has 1 aromatic carbocycles. The van der Waals surface area contributed by atoms with Crippen LogP contribution in [0.15, 0.2) is 30.5 Å². The van der Waals surface area contributed by atoms with Crippen molar-refractivity contribution in [1.29, 1.82) is 0 Å². The molecule has 0 radical (unpaired) electrons. The number of halogens is 1. The largest absolute Gasteiger partial charge is 0.481 e. The molecule has 2 atom stereocenters. The summed E-state index contributed by atoms with van der Waals surface area (Å²) in [4.78, 5) is 26.0. The topological polar surface area (TPSA) is 75.4 Å². The average molecular weight is 376 g/mol. The van der Waals surface area contributed by atoms with Crippen LogP contribution in [0.1, 0.15) is 42.7 Å². The lowest BCUT2D eigenvalue weighted by atomic mass is 9.99. The minimum Gasteiger partial charge on any atom is -0.481 e. The molecule has 0 unspecified atom stereocenters. The molecule has 1 saturated heterocycles. The van der Waals surface area contributed by atoms with Crippen molar-refractivity contribution >= 4 is 23.5 Å². The number of hydrogen-bond donors (Lipinski definition) is 1. The number of likely N-dealkylation sites (tertiary alicyclic amines) is 1. The molecule has 7 heteroatoms. The maximum absolute atomic E-state index is 13.0. The molecule has 26 heavy (non-hydrogen) atoms. The molecule has 1 N–H and O–H groups in total. The van der Waals surface area contributed by atoms with Crippen LogP contribution in [0, 0.1) is 11.8 Å². The van der Waals surface area contributed by atoms with Crippen molar-refractivity contribution < 1.29 is 14.7 Å². The van der Waals surface area contributed by atoms with Crippen LogP contribution in [-0.4, -0.2) is 44.8 Å². The average Bonchev–Trinajstić information content (AvgIpc) is 3.19. The summed E-state index contributed by atoms with van der Waals surface area (Å²) in [7, 11) is 0. The fourth-order valence-electron chi connectivity index (χ4n) is 3.49. The Hall–Kier alpha value is -2.34. The number of carboxylic acids is 1. The Morgan fingerprint density at radius 2 is 1.88 bits per heavy atom. The highest BCUT2D eigenvalue weighted by atomic mass is 35.5. The molecule has 2 aromatic rings. The highest BCUT2D eigenvalue weighted by molar-refractivity contribution is 6.30. The third-order valence-corrected chi connectivity index (χ3v) is 5.12. The Morgan fingerprint density at radius 1 is 1.23 bits per heavy atom. The first-order valence-electron chi connectivity index (χ1n) is 8.65. The number of aliphatic carboxylic acids is 1. The molecule has 6 nitrogen and oxygen atoms in total. The van der Waals surface area contributed by atoms with Gasteiger partial charge in [0.2, 0.25) is 0 Å². The molecule has 0 spiro atoms. The standard InChI is InChI=1S/C19H22ClN3O3/c1-11(2)17-15(8-21-23(17)14-6-4-13(20)5-7-14)18(24)22-9-12(3)16(10-22)19(25)26/h4-8,11-12,16H,9-10H2,1-3H3,(H,25,26)/t12-,16-/m1/s1. The van der Waals surface area contributed by atoms with Crippen LogP contribution < -0.4 is 0 Å². The highest BCUT2D eigenvalue weighted by Crippen LogP contribution is 2.29. The van der Waals surface area contributed by atoms with Gasteiger partial charge >= 0.3 is 5.97 Å². The van der Waals surface area contributed by atoms with Crippen LogP contribution in [0.3, 0.4) is 0 Å². The predicted octanol–water partition coefficient (Wildman–Crippen LogP) is 3.44. The quantitative estimate of drug-likeness (QED) is 0.888. The second kappa shape index (κ2) is 7.11. The van der Waals surface area contributed by atoms with Crippen molar-refractivity contribution in [2.75, 3.05) is 13.1 Å². The van der Waals surface area contributed by atoms with E-state index in [9.17, 15) is 14.7 Å². The van der Waals surface area contributed by atoms with Crippen LogP contribution in [0.25, 0.3) is 5.69 Å². The van der Waals surface area contributed by atoms with E-state index in [0.717, 1.165) is 11.4 Å². The molecule has 0 aliphatic carbocycles. The molecule has 1 aliphatic rings. The Balaban J connectivity index is 1.94. The van der Waals surface area contributed by atoms with E-state index in [4.69, 9.17) is 11.6 Å². The molecule has 2 heterocycles. The van der Waals surface area contributed by atoms with E-state index in [1.807, 2.05) is 32.9 Å². The molecular formula is C19H22ClN3O3. The van der Waals surface area contributed by atoms with Gasteiger partial charge in [0.15, 0.2) is 0 Å². The molecule has 1 amide bonds. The second-order valence-electron chi connectivity index (χ2n) is 7.12. The zero-order valence-corrected chi connectivity index (χ0v) is 15.8. The van der Waals surface area contributed by atoms with Crippen LogP contribution in [0.5, 0.6) is 0 Å². The Morgan fingerprint density at radius 3 is 2.42 bits per heavy atom. The summed E-state index contributed by atoms with van der Waals surface area (Å²) >= 11 is 5.96. The fraction of sp³-hybridized carbons (Fsp3) is 0.421. The lowest BCUT2D eigenvalue weighted by Crippen LogP contribution is -2.30. The van der Waals surface area contributed by atoms with Gasteiger partial charge in [-0.1, -0.05) is 32.4 Å². The Bertz CT molecular complexity index is 829. The Labute approximate surface area is 157 Å². The molecular weight excluding hydrogens is 354 g/mol. The normalized spacial score (nSPS) is 20.0. The molecule has 3 rings (SSSR count). The zero-order valence-electron chi connectivity index (χ0n) is 15.0. The first-order valence-corrected chi connectivity index (χ1v) is 9.03. The van der Waals surface area contributed by atoms with E-state index >= 15 is 0 Å². The van der Waals surface area contributed by atoms with Gasteiger partial charge in [0.25, 0.3) is 5.91 Å². The molecule has 0 bridgehead atoms. The van der Waals surface area contributed by atoms with E-state index < -0.39 is 11.9 Å². The highest BCUT2D eigenvalue weighted by Gasteiger charge is 2.38. The van der Waals surface area contributed by atoms with Gasteiger partial charge in [0.05, 0.1) is 29.1 Å². The summed E-state index contributed by atoms with van der Waals surface area (Å²) in [6.07, 6.45) is 1.57. The number of aromatic nitrogens is 2. The van der Waals surface area contributed by atoms with Crippen molar-refractivity contribution in [2.45, 2.75) is 26.7 Å². The van der Waals surface area contributed by atoms with Gasteiger partial charge in [-0.2, -0.15) is 5.10 Å². The van der Waals surface area contributed by atoms with Crippen LogP contribution in [0.4, 0.5) is 0 Å². The number of carboxylic acid groups (broad SMARTS) is 1. The number of nitrogens with zero attached hydrogens (tertiary/aromatic N) is 3. The maximum atomic E-state index is 13.0. The van der Waals surface area contributed by atoms with Crippen molar-refractivity contribution in [3.05, 3.63) is 46.7 Å². The number of hydrogen-bond acceptors (Lipinski definition) is 3. The zero-order chi connectivity index (χ0) is 19.0.